The second-order valence-corrected chi connectivity index (χ2v) is 5.33. The Hall–Kier alpha value is -2.04. The van der Waals surface area contributed by atoms with Crippen LogP contribution in [0.15, 0.2) is 24.3 Å². The molecule has 1 N–H and O–H groups in total. The molecule has 1 aromatic carbocycles. The van der Waals surface area contributed by atoms with Crippen LogP contribution in [0.1, 0.15) is 31.7 Å². The number of esters is 1. The lowest BCUT2D eigenvalue weighted by Gasteiger charge is -2.13. The van der Waals surface area contributed by atoms with Crippen LogP contribution in [-0.2, 0) is 14.3 Å². The summed E-state index contributed by atoms with van der Waals surface area (Å²) in [6.07, 6.45) is 1.39. The van der Waals surface area contributed by atoms with Crippen molar-refractivity contribution in [3.8, 4) is 5.75 Å². The average Bonchev–Trinajstić information content (AvgIpc) is 3.25. The monoisotopic (exact) mass is 291 g/mol. The third-order valence-electron chi connectivity index (χ3n) is 3.20. The van der Waals surface area contributed by atoms with E-state index in [1.54, 1.807) is 6.92 Å². The van der Waals surface area contributed by atoms with Crippen molar-refractivity contribution in [2.24, 2.45) is 0 Å². The molecule has 1 atom stereocenters. The van der Waals surface area contributed by atoms with Gasteiger partial charge in [-0.25, -0.2) is 0 Å². The van der Waals surface area contributed by atoms with Crippen molar-refractivity contribution in [1.29, 1.82) is 0 Å². The lowest BCUT2D eigenvalue weighted by molar-refractivity contribution is -0.155. The van der Waals surface area contributed by atoms with E-state index in [1.807, 2.05) is 31.2 Å². The normalized spacial score (nSPS) is 15.1. The number of hydrogen-bond acceptors (Lipinski definition) is 4. The predicted molar refractivity (Wildman–Crippen MR) is 78.0 cm³/mol. The van der Waals surface area contributed by atoms with Crippen LogP contribution < -0.4 is 10.1 Å². The highest BCUT2D eigenvalue weighted by molar-refractivity contribution is 5.83. The van der Waals surface area contributed by atoms with Gasteiger partial charge < -0.3 is 14.8 Å². The van der Waals surface area contributed by atoms with Gasteiger partial charge in [0.25, 0.3) is 5.91 Å². The van der Waals surface area contributed by atoms with Crippen LogP contribution in [0, 0.1) is 6.92 Å². The molecule has 5 nitrogen and oxygen atoms in total. The molecule has 0 radical (unpaired) electrons. The molecule has 1 aliphatic rings. The molecule has 1 aliphatic carbocycles. The highest BCUT2D eigenvalue weighted by atomic mass is 16.5. The van der Waals surface area contributed by atoms with Crippen LogP contribution >= 0.6 is 0 Å². The van der Waals surface area contributed by atoms with E-state index >= 15 is 0 Å². The van der Waals surface area contributed by atoms with E-state index in [1.165, 1.54) is 0 Å². The van der Waals surface area contributed by atoms with E-state index < -0.39 is 12.1 Å². The van der Waals surface area contributed by atoms with Gasteiger partial charge in [-0.2, -0.15) is 0 Å². The van der Waals surface area contributed by atoms with Gasteiger partial charge in [0.05, 0.1) is 13.0 Å². The van der Waals surface area contributed by atoms with Gasteiger partial charge in [-0.1, -0.05) is 17.7 Å². The molecule has 21 heavy (non-hydrogen) atoms. The molecule has 0 bridgehead atoms. The van der Waals surface area contributed by atoms with E-state index in [4.69, 9.17) is 9.47 Å². The molecule has 1 saturated carbocycles. The van der Waals surface area contributed by atoms with Gasteiger partial charge in [-0.15, -0.1) is 0 Å². The fourth-order valence-corrected chi connectivity index (χ4v) is 1.74. The maximum atomic E-state index is 11.6. The number of rotatable bonds is 7. The van der Waals surface area contributed by atoms with Crippen molar-refractivity contribution in [2.75, 3.05) is 6.61 Å². The zero-order chi connectivity index (χ0) is 15.2. The van der Waals surface area contributed by atoms with Gasteiger partial charge in [0.2, 0.25) is 0 Å². The molecule has 0 aliphatic heterocycles. The first-order valence-electron chi connectivity index (χ1n) is 7.24. The quantitative estimate of drug-likeness (QED) is 0.780. The zero-order valence-corrected chi connectivity index (χ0v) is 12.4. The standard InChI is InChI=1S/C16H21NO4/c1-11-3-7-14(8-4-11)20-10-9-15(18)21-12(2)16(19)17-13-5-6-13/h3-4,7-8,12-13H,5-6,9-10H2,1-2H3,(H,17,19)/t12-/m0/s1. The van der Waals surface area contributed by atoms with Crippen molar-refractivity contribution >= 4 is 11.9 Å². The van der Waals surface area contributed by atoms with Crippen LogP contribution in [0.3, 0.4) is 0 Å². The van der Waals surface area contributed by atoms with E-state index in [2.05, 4.69) is 5.32 Å². The molecule has 1 aromatic rings. The third-order valence-corrected chi connectivity index (χ3v) is 3.20. The molecule has 114 valence electrons. The summed E-state index contributed by atoms with van der Waals surface area (Å²) < 4.78 is 10.5. The molecular weight excluding hydrogens is 270 g/mol. The maximum Gasteiger partial charge on any atom is 0.310 e. The number of ether oxygens (including phenoxy) is 2. The van der Waals surface area contributed by atoms with E-state index in [9.17, 15) is 9.59 Å². The van der Waals surface area contributed by atoms with Crippen LogP contribution in [0.4, 0.5) is 0 Å². The minimum Gasteiger partial charge on any atom is -0.493 e. The molecule has 0 saturated heterocycles. The number of nitrogens with one attached hydrogen (secondary N) is 1. The average molecular weight is 291 g/mol. The number of benzene rings is 1. The predicted octanol–water partition coefficient (Wildman–Crippen LogP) is 1.97. The smallest absolute Gasteiger partial charge is 0.310 e. The number of carbonyl (C=O) groups is 2. The fourth-order valence-electron chi connectivity index (χ4n) is 1.74. The molecule has 5 heteroatoms. The summed E-state index contributed by atoms with van der Waals surface area (Å²) in [5.74, 6) is 0.0544. The Kier molecular flexibility index (Phi) is 5.20. The molecule has 0 heterocycles. The maximum absolute atomic E-state index is 11.6. The molecule has 0 unspecified atom stereocenters. The first-order chi connectivity index (χ1) is 10.0. The summed E-state index contributed by atoms with van der Waals surface area (Å²) in [6.45, 7) is 3.81. The summed E-state index contributed by atoms with van der Waals surface area (Å²) >= 11 is 0. The topological polar surface area (TPSA) is 64.6 Å². The molecule has 1 fully saturated rings. The van der Waals surface area contributed by atoms with Crippen LogP contribution in [0.25, 0.3) is 0 Å². The number of aryl methyl sites for hydroxylation is 1. The van der Waals surface area contributed by atoms with Gasteiger partial charge in [-0.3, -0.25) is 9.59 Å². The second kappa shape index (κ2) is 7.11. The van der Waals surface area contributed by atoms with E-state index in [0.29, 0.717) is 5.75 Å². The molecule has 0 aromatic heterocycles. The van der Waals surface area contributed by atoms with Crippen molar-refractivity contribution in [1.82, 2.24) is 5.32 Å². The Morgan fingerprint density at radius 2 is 1.95 bits per heavy atom. The minimum absolute atomic E-state index is 0.120. The summed E-state index contributed by atoms with van der Waals surface area (Å²) in [4.78, 5) is 23.3. The highest BCUT2D eigenvalue weighted by Crippen LogP contribution is 2.18. The second-order valence-electron chi connectivity index (χ2n) is 5.33. The lowest BCUT2D eigenvalue weighted by atomic mass is 10.2. The van der Waals surface area contributed by atoms with E-state index in [0.717, 1.165) is 18.4 Å². The Balaban J connectivity index is 1.64. The first-order valence-corrected chi connectivity index (χ1v) is 7.24. The Labute approximate surface area is 124 Å². The summed E-state index contributed by atoms with van der Waals surface area (Å²) in [6, 6.07) is 7.86. The molecule has 1 amide bonds. The van der Waals surface area contributed by atoms with Gasteiger partial charge in [-0.05, 0) is 38.8 Å². The molecular formula is C16H21NO4. The zero-order valence-electron chi connectivity index (χ0n) is 12.4. The molecule has 0 spiro atoms. The Bertz CT molecular complexity index is 494. The largest absolute Gasteiger partial charge is 0.493 e. The summed E-state index contributed by atoms with van der Waals surface area (Å²) in [7, 11) is 0. The molecule has 2 rings (SSSR count). The van der Waals surface area contributed by atoms with Crippen LogP contribution in [0.2, 0.25) is 0 Å². The highest BCUT2D eigenvalue weighted by Gasteiger charge is 2.27. The number of carbonyl (C=O) groups excluding carboxylic acids is 2. The summed E-state index contributed by atoms with van der Waals surface area (Å²) in [5, 5.41) is 2.80. The van der Waals surface area contributed by atoms with E-state index in [-0.39, 0.29) is 25.0 Å². The van der Waals surface area contributed by atoms with Gasteiger partial charge in [0, 0.05) is 6.04 Å². The fraction of sp³-hybridized carbons (Fsp3) is 0.500. The van der Waals surface area contributed by atoms with Crippen molar-refractivity contribution in [2.45, 2.75) is 45.3 Å². The summed E-state index contributed by atoms with van der Waals surface area (Å²) in [5.41, 5.74) is 1.15. The van der Waals surface area contributed by atoms with Crippen LogP contribution in [0.5, 0.6) is 5.75 Å². The number of amides is 1. The van der Waals surface area contributed by atoms with Crippen molar-refractivity contribution in [3.63, 3.8) is 0 Å². The van der Waals surface area contributed by atoms with Gasteiger partial charge in [0.15, 0.2) is 6.10 Å². The van der Waals surface area contributed by atoms with Crippen molar-refractivity contribution in [3.05, 3.63) is 29.8 Å². The van der Waals surface area contributed by atoms with Crippen molar-refractivity contribution < 1.29 is 19.1 Å². The Morgan fingerprint density at radius 3 is 2.57 bits per heavy atom. The van der Waals surface area contributed by atoms with Gasteiger partial charge in [0.1, 0.15) is 5.75 Å². The number of hydrogen-bond donors (Lipinski definition) is 1. The Morgan fingerprint density at radius 1 is 1.29 bits per heavy atom. The third kappa shape index (κ3) is 5.45. The lowest BCUT2D eigenvalue weighted by Crippen LogP contribution is -2.37. The SMILES string of the molecule is Cc1ccc(OCCC(=O)O[C@@H](C)C(=O)NC2CC2)cc1. The minimum atomic E-state index is -0.752. The van der Waals surface area contributed by atoms with Crippen LogP contribution in [-0.4, -0.2) is 30.6 Å². The first kappa shape index (κ1) is 15.4. The van der Waals surface area contributed by atoms with Gasteiger partial charge >= 0.3 is 5.97 Å².